The lowest BCUT2D eigenvalue weighted by Gasteiger charge is -2.26. The molecule has 1 aliphatic heterocycles. The van der Waals surface area contributed by atoms with Gasteiger partial charge in [-0.25, -0.2) is 4.98 Å². The van der Waals surface area contributed by atoms with Gasteiger partial charge in [0.1, 0.15) is 4.83 Å². The molecule has 0 saturated carbocycles. The fraction of sp³-hybridized carbons (Fsp3) is 0.429. The largest absolute Gasteiger partial charge is 0.372 e. The molecule has 1 aromatic carbocycles. The van der Waals surface area contributed by atoms with Crippen LogP contribution in [-0.4, -0.2) is 21.4 Å². The van der Waals surface area contributed by atoms with Gasteiger partial charge in [-0.1, -0.05) is 50.7 Å². The van der Waals surface area contributed by atoms with E-state index in [1.807, 2.05) is 31.2 Å². The van der Waals surface area contributed by atoms with E-state index in [0.717, 1.165) is 49.2 Å². The zero-order chi connectivity index (χ0) is 19.1. The van der Waals surface area contributed by atoms with E-state index in [4.69, 9.17) is 9.72 Å². The van der Waals surface area contributed by atoms with Gasteiger partial charge in [0.2, 0.25) is 0 Å². The van der Waals surface area contributed by atoms with Gasteiger partial charge in [-0.05, 0) is 35.8 Å². The molecule has 0 radical (unpaired) electrons. The number of hydrogen-bond acceptors (Lipinski definition) is 5. The standard InChI is InChI=1S/C21H24N2O2S2/c1-5-26-21-22-19-18(14-10-16(12(2)3)25-11-17(14)27-19)20(24)23(21)15-9-7-6-8-13(15)4/h6-9,12,16H,5,10-11H2,1-4H3. The summed E-state index contributed by atoms with van der Waals surface area (Å²) in [5.41, 5.74) is 3.19. The highest BCUT2D eigenvalue weighted by atomic mass is 32.2. The highest BCUT2D eigenvalue weighted by Gasteiger charge is 2.28. The van der Waals surface area contributed by atoms with Gasteiger partial charge >= 0.3 is 0 Å². The topological polar surface area (TPSA) is 44.1 Å². The Morgan fingerprint density at radius 2 is 2.15 bits per heavy atom. The fourth-order valence-electron chi connectivity index (χ4n) is 3.59. The minimum Gasteiger partial charge on any atom is -0.372 e. The first-order valence-corrected chi connectivity index (χ1v) is 11.2. The summed E-state index contributed by atoms with van der Waals surface area (Å²) in [6, 6.07) is 8.02. The molecule has 142 valence electrons. The second-order valence-corrected chi connectivity index (χ2v) is 9.55. The number of benzene rings is 1. The molecule has 2 aromatic heterocycles. The van der Waals surface area contributed by atoms with Crippen molar-refractivity contribution in [1.82, 2.24) is 9.55 Å². The van der Waals surface area contributed by atoms with Gasteiger partial charge in [0.15, 0.2) is 5.16 Å². The maximum absolute atomic E-state index is 13.7. The summed E-state index contributed by atoms with van der Waals surface area (Å²) in [6.07, 6.45) is 0.948. The number of thiophene rings is 1. The van der Waals surface area contributed by atoms with Crippen molar-refractivity contribution in [2.45, 2.75) is 52.0 Å². The molecule has 1 aliphatic rings. The van der Waals surface area contributed by atoms with Crippen LogP contribution in [0.4, 0.5) is 0 Å². The first-order chi connectivity index (χ1) is 13.0. The summed E-state index contributed by atoms with van der Waals surface area (Å²) in [7, 11) is 0. The van der Waals surface area contributed by atoms with Crippen molar-refractivity contribution in [3.63, 3.8) is 0 Å². The van der Waals surface area contributed by atoms with Crippen molar-refractivity contribution in [1.29, 1.82) is 0 Å². The lowest BCUT2D eigenvalue weighted by Crippen LogP contribution is -2.28. The van der Waals surface area contributed by atoms with E-state index in [1.54, 1.807) is 27.7 Å². The molecule has 6 heteroatoms. The van der Waals surface area contributed by atoms with Crippen molar-refractivity contribution < 1.29 is 4.74 Å². The molecular weight excluding hydrogens is 376 g/mol. The number of ether oxygens (including phenoxy) is 1. The van der Waals surface area contributed by atoms with Crippen molar-refractivity contribution in [2.24, 2.45) is 5.92 Å². The van der Waals surface area contributed by atoms with Crippen LogP contribution in [-0.2, 0) is 17.8 Å². The Hall–Kier alpha value is -1.63. The highest BCUT2D eigenvalue weighted by molar-refractivity contribution is 7.99. The molecular formula is C21H24N2O2S2. The SMILES string of the molecule is CCSc1nc2sc3c(c2c(=O)n1-c1ccccc1C)CC(C(C)C)OC3. The van der Waals surface area contributed by atoms with E-state index in [9.17, 15) is 4.79 Å². The third-order valence-corrected chi connectivity index (χ3v) is 7.00. The molecule has 0 spiro atoms. The smallest absolute Gasteiger partial charge is 0.267 e. The molecule has 0 fully saturated rings. The minimum atomic E-state index is 0.0483. The van der Waals surface area contributed by atoms with Crippen molar-refractivity contribution >= 4 is 33.3 Å². The van der Waals surface area contributed by atoms with Crippen LogP contribution in [0.1, 0.15) is 36.8 Å². The molecule has 3 heterocycles. The predicted octanol–water partition coefficient (Wildman–Crippen LogP) is 4.96. The van der Waals surface area contributed by atoms with Crippen molar-refractivity contribution in [2.75, 3.05) is 5.75 Å². The summed E-state index contributed by atoms with van der Waals surface area (Å²) in [4.78, 5) is 20.6. The van der Waals surface area contributed by atoms with Crippen LogP contribution < -0.4 is 5.56 Å². The van der Waals surface area contributed by atoms with Gasteiger partial charge < -0.3 is 4.74 Å². The van der Waals surface area contributed by atoms with Crippen LogP contribution in [0.5, 0.6) is 0 Å². The molecule has 27 heavy (non-hydrogen) atoms. The van der Waals surface area contributed by atoms with E-state index in [1.165, 1.54) is 0 Å². The first kappa shape index (κ1) is 18.7. The summed E-state index contributed by atoms with van der Waals surface area (Å²) in [6.45, 7) is 9.05. The first-order valence-electron chi connectivity index (χ1n) is 9.39. The van der Waals surface area contributed by atoms with Crippen LogP contribution in [0.3, 0.4) is 0 Å². The Morgan fingerprint density at radius 3 is 2.85 bits per heavy atom. The van der Waals surface area contributed by atoms with E-state index < -0.39 is 0 Å². The third kappa shape index (κ3) is 3.24. The molecule has 0 N–H and O–H groups in total. The Labute approximate surface area is 167 Å². The van der Waals surface area contributed by atoms with E-state index in [2.05, 4.69) is 20.8 Å². The quantitative estimate of drug-likeness (QED) is 0.458. The highest BCUT2D eigenvalue weighted by Crippen LogP contribution is 2.36. The molecule has 1 unspecified atom stereocenters. The average molecular weight is 401 g/mol. The summed E-state index contributed by atoms with van der Waals surface area (Å²) >= 11 is 3.23. The van der Waals surface area contributed by atoms with E-state index in [-0.39, 0.29) is 11.7 Å². The predicted molar refractivity (Wildman–Crippen MR) is 113 cm³/mol. The molecule has 3 aromatic rings. The molecule has 4 nitrogen and oxygen atoms in total. The number of aryl methyl sites for hydroxylation is 1. The molecule has 0 amide bonds. The van der Waals surface area contributed by atoms with Crippen molar-refractivity contribution in [3.05, 3.63) is 50.6 Å². The fourth-order valence-corrected chi connectivity index (χ4v) is 5.48. The molecule has 4 rings (SSSR count). The molecule has 0 bridgehead atoms. The van der Waals surface area contributed by atoms with Gasteiger partial charge in [-0.3, -0.25) is 9.36 Å². The van der Waals surface area contributed by atoms with Gasteiger partial charge in [-0.15, -0.1) is 11.3 Å². The maximum atomic E-state index is 13.7. The van der Waals surface area contributed by atoms with Crippen molar-refractivity contribution in [3.8, 4) is 5.69 Å². The van der Waals surface area contributed by atoms with Crippen LogP contribution in [0, 0.1) is 12.8 Å². The summed E-state index contributed by atoms with van der Waals surface area (Å²) in [5.74, 6) is 1.29. The third-order valence-electron chi connectivity index (χ3n) is 5.08. The monoisotopic (exact) mass is 400 g/mol. The van der Waals surface area contributed by atoms with Crippen LogP contribution in [0.2, 0.25) is 0 Å². The summed E-state index contributed by atoms with van der Waals surface area (Å²) in [5, 5.41) is 1.55. The van der Waals surface area contributed by atoms with E-state index in [0.29, 0.717) is 12.5 Å². The lowest BCUT2D eigenvalue weighted by atomic mass is 9.96. The maximum Gasteiger partial charge on any atom is 0.267 e. The Morgan fingerprint density at radius 1 is 1.37 bits per heavy atom. The second kappa shape index (κ2) is 7.41. The van der Waals surface area contributed by atoms with Gasteiger partial charge in [0.05, 0.1) is 23.8 Å². The Balaban J connectivity index is 1.99. The number of hydrogen-bond donors (Lipinski definition) is 0. The normalized spacial score (nSPS) is 16.9. The van der Waals surface area contributed by atoms with E-state index >= 15 is 0 Å². The number of nitrogens with zero attached hydrogens (tertiary/aromatic N) is 2. The number of aromatic nitrogens is 2. The van der Waals surface area contributed by atoms with Crippen LogP contribution in [0.15, 0.2) is 34.2 Å². The lowest BCUT2D eigenvalue weighted by molar-refractivity contribution is 0.00200. The van der Waals surface area contributed by atoms with Gasteiger partial charge in [-0.2, -0.15) is 0 Å². The minimum absolute atomic E-state index is 0.0483. The molecule has 0 saturated heterocycles. The zero-order valence-corrected chi connectivity index (χ0v) is 17.7. The number of rotatable bonds is 4. The second-order valence-electron chi connectivity index (χ2n) is 7.24. The van der Waals surface area contributed by atoms with Gasteiger partial charge in [0.25, 0.3) is 5.56 Å². The average Bonchev–Trinajstić information content (AvgIpc) is 3.01. The zero-order valence-electron chi connectivity index (χ0n) is 16.1. The van der Waals surface area contributed by atoms with Crippen LogP contribution in [0.25, 0.3) is 15.9 Å². The number of fused-ring (bicyclic) bond motifs is 3. The number of thioether (sulfide) groups is 1. The molecule has 0 aliphatic carbocycles. The summed E-state index contributed by atoms with van der Waals surface area (Å²) < 4.78 is 7.82. The van der Waals surface area contributed by atoms with Crippen LogP contribution >= 0.6 is 23.1 Å². The number of para-hydroxylation sites is 1. The Kier molecular flexibility index (Phi) is 5.14. The van der Waals surface area contributed by atoms with Gasteiger partial charge in [0, 0.05) is 11.3 Å². The molecule has 1 atom stereocenters. The Bertz CT molecular complexity index is 1050.